The molecule has 0 aliphatic rings. The van der Waals surface area contributed by atoms with E-state index in [2.05, 4.69) is 20.7 Å². The maximum Gasteiger partial charge on any atom is 0.323 e. The van der Waals surface area contributed by atoms with Gasteiger partial charge >= 0.3 is 6.03 Å². The third-order valence-electron chi connectivity index (χ3n) is 3.88. The quantitative estimate of drug-likeness (QED) is 0.771. The Bertz CT molecular complexity index is 825. The van der Waals surface area contributed by atoms with Crippen LogP contribution in [0.4, 0.5) is 16.2 Å². The number of aromatic nitrogens is 3. The molecule has 0 aliphatic carbocycles. The normalized spacial score (nSPS) is 10.4. The van der Waals surface area contributed by atoms with Gasteiger partial charge in [0.15, 0.2) is 0 Å². The monoisotopic (exact) mass is 321 g/mol. The topological polar surface area (TPSA) is 71.8 Å². The first-order valence-electron chi connectivity index (χ1n) is 7.67. The minimum absolute atomic E-state index is 0.257. The molecule has 3 aromatic rings. The molecule has 0 radical (unpaired) electrons. The van der Waals surface area contributed by atoms with Crippen molar-refractivity contribution in [2.75, 3.05) is 10.6 Å². The van der Waals surface area contributed by atoms with E-state index in [-0.39, 0.29) is 6.03 Å². The second kappa shape index (κ2) is 6.95. The van der Waals surface area contributed by atoms with Gasteiger partial charge in [-0.15, -0.1) is 0 Å². The van der Waals surface area contributed by atoms with E-state index in [4.69, 9.17) is 0 Å². The molecule has 6 heteroatoms. The molecule has 122 valence electrons. The van der Waals surface area contributed by atoms with Crippen molar-refractivity contribution in [1.29, 1.82) is 0 Å². The maximum absolute atomic E-state index is 12.1. The van der Waals surface area contributed by atoms with Gasteiger partial charge in [0, 0.05) is 11.4 Å². The number of anilines is 2. The van der Waals surface area contributed by atoms with Gasteiger partial charge in [0.1, 0.15) is 12.7 Å². The summed E-state index contributed by atoms with van der Waals surface area (Å²) in [5, 5.41) is 9.79. The molecular weight excluding hydrogens is 302 g/mol. The molecule has 3 rings (SSSR count). The highest BCUT2D eigenvalue weighted by Gasteiger charge is 2.06. The van der Waals surface area contributed by atoms with Gasteiger partial charge in [0.2, 0.25) is 0 Å². The fraction of sp³-hybridized carbons (Fsp3) is 0.167. The van der Waals surface area contributed by atoms with Gasteiger partial charge in [-0.05, 0) is 48.7 Å². The number of nitrogens with zero attached hydrogens (tertiary/aromatic N) is 3. The second-order valence-corrected chi connectivity index (χ2v) is 5.62. The molecule has 0 aliphatic heterocycles. The van der Waals surface area contributed by atoms with Crippen molar-refractivity contribution in [2.45, 2.75) is 20.4 Å². The number of hydrogen-bond donors (Lipinski definition) is 2. The summed E-state index contributed by atoms with van der Waals surface area (Å²) < 4.78 is 1.75. The molecular formula is C18H19N5O. The van der Waals surface area contributed by atoms with E-state index >= 15 is 0 Å². The van der Waals surface area contributed by atoms with E-state index in [0.717, 1.165) is 28.1 Å². The molecule has 0 fully saturated rings. The van der Waals surface area contributed by atoms with Crippen LogP contribution < -0.4 is 10.6 Å². The average Bonchev–Trinajstić information content (AvgIpc) is 3.07. The third kappa shape index (κ3) is 3.78. The molecule has 6 nitrogen and oxygen atoms in total. The summed E-state index contributed by atoms with van der Waals surface area (Å²) in [4.78, 5) is 16.1. The lowest BCUT2D eigenvalue weighted by atomic mass is 10.1. The predicted octanol–water partition coefficient (Wildman–Crippen LogP) is 3.59. The first-order valence-corrected chi connectivity index (χ1v) is 7.67. The molecule has 1 aromatic heterocycles. The van der Waals surface area contributed by atoms with Crippen molar-refractivity contribution in [1.82, 2.24) is 14.8 Å². The van der Waals surface area contributed by atoms with Gasteiger partial charge in [-0.25, -0.2) is 14.5 Å². The number of carbonyl (C=O) groups is 1. The van der Waals surface area contributed by atoms with E-state index < -0.39 is 0 Å². The number of urea groups is 1. The van der Waals surface area contributed by atoms with E-state index in [0.29, 0.717) is 6.54 Å². The van der Waals surface area contributed by atoms with Gasteiger partial charge in [-0.1, -0.05) is 24.3 Å². The van der Waals surface area contributed by atoms with Gasteiger partial charge < -0.3 is 10.6 Å². The number of amides is 2. The Hall–Kier alpha value is -3.15. The zero-order valence-electron chi connectivity index (χ0n) is 13.7. The molecule has 1 heterocycles. The largest absolute Gasteiger partial charge is 0.323 e. The van der Waals surface area contributed by atoms with Gasteiger partial charge in [-0.2, -0.15) is 5.10 Å². The minimum Gasteiger partial charge on any atom is -0.308 e. The Kier molecular flexibility index (Phi) is 4.56. The van der Waals surface area contributed by atoms with Crippen LogP contribution in [0.5, 0.6) is 0 Å². The van der Waals surface area contributed by atoms with Gasteiger partial charge in [-0.3, -0.25) is 0 Å². The molecule has 0 spiro atoms. The van der Waals surface area contributed by atoms with Crippen molar-refractivity contribution in [3.05, 3.63) is 71.8 Å². The number of benzene rings is 2. The lowest BCUT2D eigenvalue weighted by Crippen LogP contribution is -2.20. The molecule has 2 aromatic carbocycles. The molecule has 2 amide bonds. The Morgan fingerprint density at radius 2 is 1.88 bits per heavy atom. The van der Waals surface area contributed by atoms with Gasteiger partial charge in [0.05, 0.1) is 6.54 Å². The Morgan fingerprint density at radius 1 is 1.08 bits per heavy atom. The van der Waals surface area contributed by atoms with Crippen molar-refractivity contribution in [3.63, 3.8) is 0 Å². The summed E-state index contributed by atoms with van der Waals surface area (Å²) in [5.41, 5.74) is 4.84. The van der Waals surface area contributed by atoms with Crippen LogP contribution in [-0.2, 0) is 6.54 Å². The molecule has 2 N–H and O–H groups in total. The first-order chi connectivity index (χ1) is 11.6. The smallest absolute Gasteiger partial charge is 0.308 e. The standard InChI is InChI=1S/C18H19N5O/c1-13-4-3-5-17(14(13)2)22-18(24)21-16-8-6-15(7-9-16)10-23-12-19-11-20-23/h3-9,11-12H,10H2,1-2H3,(H2,21,22,24). The van der Waals surface area contributed by atoms with E-state index in [1.165, 1.54) is 6.33 Å². The highest BCUT2D eigenvalue weighted by atomic mass is 16.2. The van der Waals surface area contributed by atoms with Crippen LogP contribution >= 0.6 is 0 Å². The van der Waals surface area contributed by atoms with Crippen molar-refractivity contribution >= 4 is 17.4 Å². The second-order valence-electron chi connectivity index (χ2n) is 5.62. The molecule has 0 saturated carbocycles. The molecule has 0 unspecified atom stereocenters. The zero-order chi connectivity index (χ0) is 16.9. The highest BCUT2D eigenvalue weighted by molar-refractivity contribution is 6.00. The minimum atomic E-state index is -0.257. The van der Waals surface area contributed by atoms with Crippen LogP contribution in [0.3, 0.4) is 0 Å². The molecule has 0 atom stereocenters. The van der Waals surface area contributed by atoms with Crippen LogP contribution in [0.25, 0.3) is 0 Å². The SMILES string of the molecule is Cc1cccc(NC(=O)Nc2ccc(Cn3cncn3)cc2)c1C. The summed E-state index contributed by atoms with van der Waals surface area (Å²) in [5.74, 6) is 0. The summed E-state index contributed by atoms with van der Waals surface area (Å²) in [6.07, 6.45) is 3.18. The van der Waals surface area contributed by atoms with Crippen molar-refractivity contribution in [2.24, 2.45) is 0 Å². The van der Waals surface area contributed by atoms with E-state index in [1.807, 2.05) is 56.3 Å². The average molecular weight is 321 g/mol. The third-order valence-corrected chi connectivity index (χ3v) is 3.88. The molecule has 0 saturated heterocycles. The summed E-state index contributed by atoms with van der Waals surface area (Å²) in [6, 6.07) is 13.2. The fourth-order valence-corrected chi connectivity index (χ4v) is 2.37. The number of hydrogen-bond acceptors (Lipinski definition) is 3. The molecule has 24 heavy (non-hydrogen) atoms. The zero-order valence-corrected chi connectivity index (χ0v) is 13.7. The predicted molar refractivity (Wildman–Crippen MR) is 94.1 cm³/mol. The lowest BCUT2D eigenvalue weighted by Gasteiger charge is -2.11. The summed E-state index contributed by atoms with van der Waals surface area (Å²) >= 11 is 0. The van der Waals surface area contributed by atoms with Crippen LogP contribution in [-0.4, -0.2) is 20.8 Å². The Balaban J connectivity index is 1.61. The van der Waals surface area contributed by atoms with Crippen molar-refractivity contribution in [3.8, 4) is 0 Å². The maximum atomic E-state index is 12.1. The van der Waals surface area contributed by atoms with E-state index in [9.17, 15) is 4.79 Å². The number of aryl methyl sites for hydroxylation is 1. The highest BCUT2D eigenvalue weighted by Crippen LogP contribution is 2.18. The lowest BCUT2D eigenvalue weighted by molar-refractivity contribution is 0.262. The molecule has 0 bridgehead atoms. The van der Waals surface area contributed by atoms with Crippen LogP contribution in [0.15, 0.2) is 55.1 Å². The summed E-state index contributed by atoms with van der Waals surface area (Å²) in [7, 11) is 0. The van der Waals surface area contributed by atoms with Crippen molar-refractivity contribution < 1.29 is 4.79 Å². The van der Waals surface area contributed by atoms with Crippen LogP contribution in [0.1, 0.15) is 16.7 Å². The Labute approximate surface area is 140 Å². The van der Waals surface area contributed by atoms with Gasteiger partial charge in [0.25, 0.3) is 0 Å². The number of nitrogens with one attached hydrogen (secondary N) is 2. The van der Waals surface area contributed by atoms with Crippen LogP contribution in [0.2, 0.25) is 0 Å². The van der Waals surface area contributed by atoms with Crippen LogP contribution in [0, 0.1) is 13.8 Å². The fourth-order valence-electron chi connectivity index (χ4n) is 2.37. The number of rotatable bonds is 4. The van der Waals surface area contributed by atoms with E-state index in [1.54, 1.807) is 11.0 Å². The Morgan fingerprint density at radius 3 is 2.58 bits per heavy atom. The first kappa shape index (κ1) is 15.7. The summed E-state index contributed by atoms with van der Waals surface area (Å²) in [6.45, 7) is 4.66. The number of carbonyl (C=O) groups excluding carboxylic acids is 1.